The largest absolute Gasteiger partial charge is 0.507 e. The minimum absolute atomic E-state index is 0.0829. The molecular weight excluding hydrogens is 258 g/mol. The van der Waals surface area contributed by atoms with Crippen LogP contribution in [-0.2, 0) is 10.1 Å². The van der Waals surface area contributed by atoms with Gasteiger partial charge in [-0.05, 0) is 10.9 Å². The van der Waals surface area contributed by atoms with Gasteiger partial charge in [-0.25, -0.2) is 0 Å². The van der Waals surface area contributed by atoms with Crippen molar-refractivity contribution >= 4 is 26.6 Å². The topological polar surface area (TPSA) is 123 Å². The summed E-state index contributed by atoms with van der Waals surface area (Å²) in [5.41, 5.74) is 8.33. The molecule has 0 fully saturated rings. The lowest BCUT2D eigenvalue weighted by atomic mass is 10.1. The highest BCUT2D eigenvalue weighted by Gasteiger charge is 2.18. The Labute approximate surface area is 102 Å². The molecule has 0 radical (unpaired) electrons. The van der Waals surface area contributed by atoms with Crippen LogP contribution < -0.4 is 0 Å². The van der Waals surface area contributed by atoms with E-state index in [-0.39, 0.29) is 16.5 Å². The van der Waals surface area contributed by atoms with Crippen molar-refractivity contribution in [1.82, 2.24) is 0 Å². The van der Waals surface area contributed by atoms with Gasteiger partial charge in [0, 0.05) is 16.4 Å². The summed E-state index contributed by atoms with van der Waals surface area (Å²) in [6, 6.07) is 6.92. The zero-order valence-electron chi connectivity index (χ0n) is 8.85. The van der Waals surface area contributed by atoms with Crippen molar-refractivity contribution in [2.75, 3.05) is 0 Å². The summed E-state index contributed by atoms with van der Waals surface area (Å²) in [7, 11) is -4.48. The average Bonchev–Trinajstić information content (AvgIpc) is 2.31. The van der Waals surface area contributed by atoms with E-state index in [4.69, 9.17) is 10.1 Å². The fraction of sp³-hybridized carbons (Fsp3) is 0. The molecule has 0 heterocycles. The van der Waals surface area contributed by atoms with Crippen LogP contribution in [0.4, 0.5) is 5.69 Å². The number of hydrogen-bond acceptors (Lipinski definition) is 4. The van der Waals surface area contributed by atoms with E-state index in [9.17, 15) is 13.5 Å². The lowest BCUT2D eigenvalue weighted by molar-refractivity contribution is 0.469. The third-order valence-electron chi connectivity index (χ3n) is 2.38. The fourth-order valence-electron chi connectivity index (χ4n) is 1.68. The van der Waals surface area contributed by atoms with Gasteiger partial charge in [-0.2, -0.15) is 8.42 Å². The highest BCUT2D eigenvalue weighted by atomic mass is 32.2. The molecular formula is C10H7N3O4S. The Bertz CT molecular complexity index is 779. The number of nitrogens with zero attached hydrogens (tertiary/aromatic N) is 3. The number of rotatable bonds is 2. The number of fused-ring (bicyclic) bond motifs is 1. The molecule has 2 aromatic rings. The van der Waals surface area contributed by atoms with Gasteiger partial charge in [-0.1, -0.05) is 29.4 Å². The first kappa shape index (κ1) is 12.2. The predicted octanol–water partition coefficient (Wildman–Crippen LogP) is 2.73. The van der Waals surface area contributed by atoms with Crippen molar-refractivity contribution in [3.8, 4) is 5.75 Å². The number of azide groups is 1. The van der Waals surface area contributed by atoms with E-state index in [0.717, 1.165) is 6.07 Å². The smallest absolute Gasteiger partial charge is 0.295 e. The molecule has 0 atom stereocenters. The number of phenolic OH excluding ortho intramolecular Hbond substituents is 1. The van der Waals surface area contributed by atoms with Crippen LogP contribution in [0.1, 0.15) is 0 Å². The molecule has 2 N–H and O–H groups in total. The molecule has 0 aliphatic rings. The Morgan fingerprint density at radius 3 is 2.39 bits per heavy atom. The first-order valence-corrected chi connectivity index (χ1v) is 6.16. The third kappa shape index (κ3) is 1.95. The van der Waals surface area contributed by atoms with Gasteiger partial charge in [-0.3, -0.25) is 4.55 Å². The van der Waals surface area contributed by atoms with Gasteiger partial charge in [0.25, 0.3) is 10.1 Å². The van der Waals surface area contributed by atoms with Gasteiger partial charge in [-0.15, -0.1) is 0 Å². The SMILES string of the molecule is [N-]=[N+]=Nc1c(O)cc(S(=O)(=O)O)c2ccccc12. The maximum absolute atomic E-state index is 11.2. The fourth-order valence-corrected chi connectivity index (χ4v) is 2.39. The summed E-state index contributed by atoms with van der Waals surface area (Å²) >= 11 is 0. The van der Waals surface area contributed by atoms with Crippen molar-refractivity contribution in [1.29, 1.82) is 0 Å². The van der Waals surface area contributed by atoms with Crippen LogP contribution in [0, 0.1) is 0 Å². The quantitative estimate of drug-likeness (QED) is 0.375. The number of phenols is 1. The highest BCUT2D eigenvalue weighted by Crippen LogP contribution is 2.38. The van der Waals surface area contributed by atoms with Crippen molar-refractivity contribution in [2.24, 2.45) is 5.11 Å². The number of aromatic hydroxyl groups is 1. The van der Waals surface area contributed by atoms with Gasteiger partial charge >= 0.3 is 0 Å². The van der Waals surface area contributed by atoms with Gasteiger partial charge < -0.3 is 5.11 Å². The molecule has 2 aromatic carbocycles. The number of hydrogen-bond donors (Lipinski definition) is 2. The van der Waals surface area contributed by atoms with Crippen LogP contribution in [0.5, 0.6) is 5.75 Å². The predicted molar refractivity (Wildman–Crippen MR) is 64.2 cm³/mol. The Morgan fingerprint density at radius 2 is 1.83 bits per heavy atom. The van der Waals surface area contributed by atoms with E-state index >= 15 is 0 Å². The second-order valence-electron chi connectivity index (χ2n) is 3.45. The Balaban J connectivity index is 3.03. The van der Waals surface area contributed by atoms with E-state index in [1.54, 1.807) is 12.1 Å². The summed E-state index contributed by atoms with van der Waals surface area (Å²) < 4.78 is 31.5. The van der Waals surface area contributed by atoms with Crippen molar-refractivity contribution in [3.05, 3.63) is 40.8 Å². The van der Waals surface area contributed by atoms with Crippen LogP contribution in [0.25, 0.3) is 21.2 Å². The molecule has 0 spiro atoms. The van der Waals surface area contributed by atoms with E-state index < -0.39 is 20.8 Å². The molecule has 7 nitrogen and oxygen atoms in total. The minimum Gasteiger partial charge on any atom is -0.507 e. The van der Waals surface area contributed by atoms with Crippen LogP contribution in [0.2, 0.25) is 0 Å². The standard InChI is InChI=1S/C10H7N3O4S/c11-13-12-10-7-4-2-1-3-6(7)9(5-8(10)14)18(15,16)17/h1-5,14H,(H,15,16,17). The van der Waals surface area contributed by atoms with E-state index in [2.05, 4.69) is 10.0 Å². The first-order valence-electron chi connectivity index (χ1n) is 4.72. The average molecular weight is 265 g/mol. The van der Waals surface area contributed by atoms with Crippen LogP contribution in [-0.4, -0.2) is 18.1 Å². The monoisotopic (exact) mass is 265 g/mol. The lowest BCUT2D eigenvalue weighted by Gasteiger charge is -2.08. The summed E-state index contributed by atoms with van der Waals surface area (Å²) in [6.07, 6.45) is 0. The molecule has 0 bridgehead atoms. The van der Waals surface area contributed by atoms with Gasteiger partial charge in [0.1, 0.15) is 10.6 Å². The van der Waals surface area contributed by atoms with E-state index in [1.165, 1.54) is 12.1 Å². The second-order valence-corrected chi connectivity index (χ2v) is 4.84. The van der Waals surface area contributed by atoms with Crippen molar-refractivity contribution in [3.63, 3.8) is 0 Å². The van der Waals surface area contributed by atoms with E-state index in [0.29, 0.717) is 0 Å². The molecule has 0 aliphatic carbocycles. The normalized spacial score (nSPS) is 11.2. The maximum Gasteiger partial charge on any atom is 0.295 e. The summed E-state index contributed by atoms with van der Waals surface area (Å²) in [6.45, 7) is 0. The van der Waals surface area contributed by atoms with Crippen LogP contribution in [0.15, 0.2) is 40.3 Å². The van der Waals surface area contributed by atoms with Crippen molar-refractivity contribution < 1.29 is 18.1 Å². The van der Waals surface area contributed by atoms with Crippen LogP contribution in [0.3, 0.4) is 0 Å². The summed E-state index contributed by atoms with van der Waals surface area (Å²) in [5.74, 6) is -0.515. The first-order chi connectivity index (χ1) is 8.45. The zero-order valence-corrected chi connectivity index (χ0v) is 9.66. The Kier molecular flexibility index (Phi) is 2.84. The van der Waals surface area contributed by atoms with Crippen molar-refractivity contribution in [2.45, 2.75) is 4.90 Å². The Hall–Kier alpha value is -2.28. The second kappa shape index (κ2) is 4.19. The zero-order chi connectivity index (χ0) is 13.3. The highest BCUT2D eigenvalue weighted by molar-refractivity contribution is 7.86. The molecule has 18 heavy (non-hydrogen) atoms. The summed E-state index contributed by atoms with van der Waals surface area (Å²) in [4.78, 5) is 2.12. The molecule has 92 valence electrons. The third-order valence-corrected chi connectivity index (χ3v) is 3.27. The molecule has 0 aromatic heterocycles. The number of benzene rings is 2. The minimum atomic E-state index is -4.48. The molecule has 0 unspecified atom stereocenters. The molecule has 0 saturated heterocycles. The van der Waals surface area contributed by atoms with Crippen LogP contribution >= 0.6 is 0 Å². The Morgan fingerprint density at radius 1 is 1.22 bits per heavy atom. The molecule has 0 aliphatic heterocycles. The molecule has 0 saturated carbocycles. The van der Waals surface area contributed by atoms with Gasteiger partial charge in [0.15, 0.2) is 0 Å². The molecule has 8 heteroatoms. The summed E-state index contributed by atoms with van der Waals surface area (Å²) in [5, 5.41) is 13.4. The lowest BCUT2D eigenvalue weighted by Crippen LogP contribution is -1.99. The van der Waals surface area contributed by atoms with Gasteiger partial charge in [0.05, 0.1) is 5.69 Å². The molecule has 0 amide bonds. The van der Waals surface area contributed by atoms with Gasteiger partial charge in [0.2, 0.25) is 0 Å². The molecule has 2 rings (SSSR count). The van der Waals surface area contributed by atoms with E-state index in [1.807, 2.05) is 0 Å². The maximum atomic E-state index is 11.2.